The monoisotopic (exact) mass is 290 g/mol. The predicted octanol–water partition coefficient (Wildman–Crippen LogP) is 4.83. The molecule has 0 unspecified atom stereocenters. The lowest BCUT2D eigenvalue weighted by Gasteiger charge is -2.13. The summed E-state index contributed by atoms with van der Waals surface area (Å²) in [6.45, 7) is 2.67. The Hall–Kier alpha value is -1.54. The van der Waals surface area contributed by atoms with Crippen LogP contribution in [-0.4, -0.2) is 18.3 Å². The molecule has 2 aromatic rings. The molecule has 0 spiro atoms. The largest absolute Gasteiger partial charge is 0.493 e. The van der Waals surface area contributed by atoms with Crippen LogP contribution in [0.4, 0.5) is 0 Å². The van der Waals surface area contributed by atoms with E-state index in [1.807, 2.05) is 36.4 Å². The Morgan fingerprint density at radius 1 is 1.20 bits per heavy atom. The van der Waals surface area contributed by atoms with Gasteiger partial charge in [-0.2, -0.15) is 0 Å². The number of ether oxygens (including phenoxy) is 1. The van der Waals surface area contributed by atoms with E-state index in [-0.39, 0.29) is 5.78 Å². The minimum atomic E-state index is 0.105. The quantitative estimate of drug-likeness (QED) is 0.539. The number of fused-ring (bicyclic) bond motifs is 1. The number of benzene rings is 2. The van der Waals surface area contributed by atoms with E-state index in [1.54, 1.807) is 0 Å². The van der Waals surface area contributed by atoms with Gasteiger partial charge >= 0.3 is 0 Å². The zero-order valence-electron chi connectivity index (χ0n) is 11.7. The van der Waals surface area contributed by atoms with Crippen molar-refractivity contribution in [2.24, 2.45) is 0 Å². The molecule has 0 N–H and O–H groups in total. The van der Waals surface area contributed by atoms with Crippen molar-refractivity contribution in [1.29, 1.82) is 0 Å². The van der Waals surface area contributed by atoms with Crippen LogP contribution in [0.3, 0.4) is 0 Å². The molecule has 0 bridgehead atoms. The molecule has 0 heterocycles. The van der Waals surface area contributed by atoms with Crippen LogP contribution in [0.2, 0.25) is 0 Å². The number of Topliss-reactive ketones (excluding diaryl/α,β-unsaturated/α-hetero) is 1. The van der Waals surface area contributed by atoms with Crippen molar-refractivity contribution in [2.75, 3.05) is 12.5 Å². The number of halogens is 1. The fourth-order valence-electron chi connectivity index (χ4n) is 2.22. The highest BCUT2D eigenvalue weighted by atomic mass is 35.5. The molecule has 0 atom stereocenters. The van der Waals surface area contributed by atoms with Crippen LogP contribution in [-0.2, 0) is 0 Å². The van der Waals surface area contributed by atoms with Crippen LogP contribution in [0.15, 0.2) is 36.4 Å². The smallest absolute Gasteiger partial charge is 0.167 e. The lowest BCUT2D eigenvalue weighted by Crippen LogP contribution is -2.06. The fraction of sp³-hybridized carbons (Fsp3) is 0.353. The maximum atomic E-state index is 12.5. The topological polar surface area (TPSA) is 26.3 Å². The van der Waals surface area contributed by atoms with E-state index in [0.717, 1.165) is 17.2 Å². The van der Waals surface area contributed by atoms with Crippen LogP contribution in [0, 0.1) is 0 Å². The van der Waals surface area contributed by atoms with E-state index in [4.69, 9.17) is 16.3 Å². The SMILES string of the molecule is CCCOc1ccc2ccccc2c1C(=O)CCCCl. The molecule has 0 saturated carbocycles. The number of rotatable bonds is 7. The fourth-order valence-corrected chi connectivity index (χ4v) is 2.36. The van der Waals surface area contributed by atoms with Gasteiger partial charge in [-0.25, -0.2) is 0 Å². The molecule has 2 nitrogen and oxygen atoms in total. The lowest BCUT2D eigenvalue weighted by atomic mass is 9.98. The van der Waals surface area contributed by atoms with Crippen molar-refractivity contribution in [3.05, 3.63) is 42.0 Å². The zero-order chi connectivity index (χ0) is 14.4. The summed E-state index contributed by atoms with van der Waals surface area (Å²) in [4.78, 5) is 12.5. The number of carbonyl (C=O) groups is 1. The molecule has 0 aromatic heterocycles. The van der Waals surface area contributed by atoms with Crippen molar-refractivity contribution in [1.82, 2.24) is 0 Å². The average Bonchev–Trinajstić information content (AvgIpc) is 2.49. The molecule has 0 aliphatic heterocycles. The van der Waals surface area contributed by atoms with Gasteiger partial charge in [-0.1, -0.05) is 37.3 Å². The van der Waals surface area contributed by atoms with E-state index >= 15 is 0 Å². The Morgan fingerprint density at radius 2 is 2.00 bits per heavy atom. The maximum Gasteiger partial charge on any atom is 0.167 e. The van der Waals surface area contributed by atoms with Gasteiger partial charge in [0.25, 0.3) is 0 Å². The zero-order valence-corrected chi connectivity index (χ0v) is 12.5. The second kappa shape index (κ2) is 7.30. The predicted molar refractivity (Wildman–Crippen MR) is 84.0 cm³/mol. The van der Waals surface area contributed by atoms with Gasteiger partial charge in [-0.3, -0.25) is 4.79 Å². The van der Waals surface area contributed by atoms with Crippen molar-refractivity contribution >= 4 is 28.2 Å². The maximum absolute atomic E-state index is 12.5. The van der Waals surface area contributed by atoms with Crippen LogP contribution in [0.1, 0.15) is 36.5 Å². The van der Waals surface area contributed by atoms with Crippen LogP contribution in [0.25, 0.3) is 10.8 Å². The minimum absolute atomic E-state index is 0.105. The van der Waals surface area contributed by atoms with Crippen molar-refractivity contribution in [3.63, 3.8) is 0 Å². The number of hydrogen-bond donors (Lipinski definition) is 0. The van der Waals surface area contributed by atoms with E-state index in [1.165, 1.54) is 0 Å². The first-order chi connectivity index (χ1) is 9.77. The number of hydrogen-bond acceptors (Lipinski definition) is 2. The van der Waals surface area contributed by atoms with E-state index in [0.29, 0.717) is 36.6 Å². The molecule has 20 heavy (non-hydrogen) atoms. The van der Waals surface area contributed by atoms with Crippen molar-refractivity contribution < 1.29 is 9.53 Å². The van der Waals surface area contributed by atoms with Crippen molar-refractivity contribution in [2.45, 2.75) is 26.2 Å². The normalized spacial score (nSPS) is 10.7. The Kier molecular flexibility index (Phi) is 5.42. The standard InChI is InChI=1S/C17H19ClO2/c1-2-12-20-16-10-9-13-6-3-4-7-14(13)17(16)15(19)8-5-11-18/h3-4,6-7,9-10H,2,5,8,11-12H2,1H3. The van der Waals surface area contributed by atoms with Gasteiger partial charge in [0, 0.05) is 12.3 Å². The Bertz CT molecular complexity index is 593. The highest BCUT2D eigenvalue weighted by Crippen LogP contribution is 2.29. The summed E-state index contributed by atoms with van der Waals surface area (Å²) in [6.07, 6.45) is 2.07. The summed E-state index contributed by atoms with van der Waals surface area (Å²) in [5, 5.41) is 2.02. The Balaban J connectivity index is 2.46. The van der Waals surface area contributed by atoms with Gasteiger partial charge in [-0.15, -0.1) is 11.6 Å². The summed E-state index contributed by atoms with van der Waals surface area (Å²) in [5.74, 6) is 1.29. The van der Waals surface area contributed by atoms with Gasteiger partial charge < -0.3 is 4.74 Å². The molecule has 106 valence electrons. The third-order valence-electron chi connectivity index (χ3n) is 3.17. The van der Waals surface area contributed by atoms with E-state index in [9.17, 15) is 4.79 Å². The van der Waals surface area contributed by atoms with Gasteiger partial charge in [0.2, 0.25) is 0 Å². The summed E-state index contributed by atoms with van der Waals surface area (Å²) >= 11 is 5.69. The van der Waals surface area contributed by atoms with Crippen LogP contribution < -0.4 is 4.74 Å². The average molecular weight is 291 g/mol. The molecule has 3 heteroatoms. The molecule has 2 aromatic carbocycles. The van der Waals surface area contributed by atoms with Crippen LogP contribution in [0.5, 0.6) is 5.75 Å². The number of alkyl halides is 1. The highest BCUT2D eigenvalue weighted by Gasteiger charge is 2.16. The molecule has 0 amide bonds. The van der Waals surface area contributed by atoms with Gasteiger partial charge in [0.05, 0.1) is 12.2 Å². The first kappa shape index (κ1) is 14.9. The van der Waals surface area contributed by atoms with Gasteiger partial charge in [0.1, 0.15) is 5.75 Å². The van der Waals surface area contributed by atoms with Crippen molar-refractivity contribution in [3.8, 4) is 5.75 Å². The molecular weight excluding hydrogens is 272 g/mol. The lowest BCUT2D eigenvalue weighted by molar-refractivity contribution is 0.0979. The third-order valence-corrected chi connectivity index (χ3v) is 3.44. The number of carbonyl (C=O) groups excluding carboxylic acids is 1. The highest BCUT2D eigenvalue weighted by molar-refractivity contribution is 6.18. The molecule has 0 radical (unpaired) electrons. The molecule has 0 aliphatic rings. The van der Waals surface area contributed by atoms with E-state index in [2.05, 4.69) is 6.92 Å². The summed E-state index contributed by atoms with van der Waals surface area (Å²) in [7, 11) is 0. The molecular formula is C17H19ClO2. The Morgan fingerprint density at radius 3 is 2.75 bits per heavy atom. The second-order valence-electron chi connectivity index (χ2n) is 4.72. The Labute approximate surface area is 124 Å². The first-order valence-corrected chi connectivity index (χ1v) is 7.55. The van der Waals surface area contributed by atoms with Crippen LogP contribution >= 0.6 is 11.6 Å². The summed E-state index contributed by atoms with van der Waals surface area (Å²) < 4.78 is 5.74. The van der Waals surface area contributed by atoms with E-state index < -0.39 is 0 Å². The first-order valence-electron chi connectivity index (χ1n) is 7.01. The summed E-state index contributed by atoms with van der Waals surface area (Å²) in [6, 6.07) is 11.8. The van der Waals surface area contributed by atoms with Gasteiger partial charge in [-0.05, 0) is 29.7 Å². The minimum Gasteiger partial charge on any atom is -0.493 e. The summed E-state index contributed by atoms with van der Waals surface area (Å²) in [5.41, 5.74) is 0.696. The molecule has 2 rings (SSSR count). The van der Waals surface area contributed by atoms with Gasteiger partial charge in [0.15, 0.2) is 5.78 Å². The second-order valence-corrected chi connectivity index (χ2v) is 5.10. The molecule has 0 aliphatic carbocycles. The third kappa shape index (κ3) is 3.31. The number of ketones is 1. The molecule has 0 fully saturated rings. The molecule has 0 saturated heterocycles.